The van der Waals surface area contributed by atoms with Crippen LogP contribution in [0.25, 0.3) is 0 Å². The highest BCUT2D eigenvalue weighted by molar-refractivity contribution is 7.92. The summed E-state index contributed by atoms with van der Waals surface area (Å²) < 4.78 is 22.7. The van der Waals surface area contributed by atoms with E-state index in [1.807, 2.05) is 6.92 Å². The predicted molar refractivity (Wildman–Crippen MR) is 63.4 cm³/mol. The van der Waals surface area contributed by atoms with Crippen molar-refractivity contribution in [2.24, 2.45) is 0 Å². The van der Waals surface area contributed by atoms with Crippen LogP contribution >= 0.6 is 0 Å². The molecule has 6 nitrogen and oxygen atoms in total. The summed E-state index contributed by atoms with van der Waals surface area (Å²) in [6.07, 6.45) is 1.20. The molecule has 0 saturated heterocycles. The molecule has 0 aliphatic heterocycles. The number of carbonyl (C=O) groups excluding carboxylic acids is 1. The fourth-order valence-electron chi connectivity index (χ4n) is 1.34. The van der Waals surface area contributed by atoms with Gasteiger partial charge in [-0.25, -0.2) is 8.42 Å². The van der Waals surface area contributed by atoms with Crippen molar-refractivity contribution in [1.29, 1.82) is 0 Å². The quantitative estimate of drug-likeness (QED) is 0.652. The van der Waals surface area contributed by atoms with E-state index in [4.69, 9.17) is 5.11 Å². The Labute approximate surface area is 101 Å². The number of sulfone groups is 1. The molecular formula is C10H19NO5S. The van der Waals surface area contributed by atoms with E-state index in [2.05, 4.69) is 5.32 Å². The largest absolute Gasteiger partial charge is 0.481 e. The van der Waals surface area contributed by atoms with Crippen molar-refractivity contribution >= 4 is 21.7 Å². The van der Waals surface area contributed by atoms with Gasteiger partial charge in [0.25, 0.3) is 0 Å². The maximum atomic E-state index is 11.4. The summed E-state index contributed by atoms with van der Waals surface area (Å²) in [5.74, 6) is -2.91. The normalized spacial score (nSPS) is 13.1. The van der Waals surface area contributed by atoms with Gasteiger partial charge in [0.2, 0.25) is 5.91 Å². The molecule has 0 aliphatic rings. The van der Waals surface area contributed by atoms with E-state index in [1.54, 1.807) is 6.92 Å². The van der Waals surface area contributed by atoms with E-state index >= 15 is 0 Å². The van der Waals surface area contributed by atoms with Crippen LogP contribution in [0, 0.1) is 0 Å². The smallest absolute Gasteiger partial charge is 0.304 e. The second kappa shape index (κ2) is 7.26. The highest BCUT2D eigenvalue weighted by Crippen LogP contribution is 1.98. The molecule has 100 valence electrons. The van der Waals surface area contributed by atoms with Crippen molar-refractivity contribution in [3.05, 3.63) is 0 Å². The number of aliphatic carboxylic acids is 1. The van der Waals surface area contributed by atoms with E-state index in [0.29, 0.717) is 0 Å². The summed E-state index contributed by atoms with van der Waals surface area (Å²) in [4.78, 5) is 21.6. The van der Waals surface area contributed by atoms with E-state index in [-0.39, 0.29) is 6.04 Å². The van der Waals surface area contributed by atoms with Gasteiger partial charge in [0.05, 0.1) is 12.2 Å². The van der Waals surface area contributed by atoms with E-state index in [1.165, 1.54) is 0 Å². The Hall–Kier alpha value is -1.11. The van der Waals surface area contributed by atoms with E-state index in [0.717, 1.165) is 12.8 Å². The van der Waals surface area contributed by atoms with Crippen LogP contribution in [0.1, 0.15) is 33.1 Å². The Morgan fingerprint density at radius 2 is 1.94 bits per heavy atom. The molecule has 0 radical (unpaired) electrons. The highest BCUT2D eigenvalue weighted by atomic mass is 32.2. The molecule has 1 unspecified atom stereocenters. The van der Waals surface area contributed by atoms with Crippen molar-refractivity contribution < 1.29 is 23.1 Å². The lowest BCUT2D eigenvalue weighted by Crippen LogP contribution is -2.37. The molecule has 0 spiro atoms. The summed E-state index contributed by atoms with van der Waals surface area (Å²) >= 11 is 0. The standard InChI is InChI=1S/C10H19NO5S/c1-3-4-8(2)11-9(12)7-17(15,16)6-5-10(13)14/h8H,3-7H2,1-2H3,(H,11,12)(H,13,14). The van der Waals surface area contributed by atoms with E-state index in [9.17, 15) is 18.0 Å². The maximum Gasteiger partial charge on any atom is 0.304 e. The van der Waals surface area contributed by atoms with Crippen molar-refractivity contribution in [1.82, 2.24) is 5.32 Å². The molecule has 0 bridgehead atoms. The minimum Gasteiger partial charge on any atom is -0.481 e. The van der Waals surface area contributed by atoms with Gasteiger partial charge < -0.3 is 10.4 Å². The molecule has 2 N–H and O–H groups in total. The van der Waals surface area contributed by atoms with Crippen molar-refractivity contribution in [2.45, 2.75) is 39.2 Å². The van der Waals surface area contributed by atoms with Crippen LogP contribution in [0.2, 0.25) is 0 Å². The maximum absolute atomic E-state index is 11.4. The molecule has 1 atom stereocenters. The number of hydrogen-bond acceptors (Lipinski definition) is 4. The third-order valence-corrected chi connectivity index (χ3v) is 3.64. The third kappa shape index (κ3) is 8.67. The van der Waals surface area contributed by atoms with Crippen molar-refractivity contribution in [3.63, 3.8) is 0 Å². The SMILES string of the molecule is CCCC(C)NC(=O)CS(=O)(=O)CCC(=O)O. The van der Waals surface area contributed by atoms with Gasteiger partial charge in [-0.15, -0.1) is 0 Å². The number of hydrogen-bond donors (Lipinski definition) is 2. The summed E-state index contributed by atoms with van der Waals surface area (Å²) in [5.41, 5.74) is 0. The lowest BCUT2D eigenvalue weighted by molar-refractivity contribution is -0.136. The number of rotatable bonds is 8. The topological polar surface area (TPSA) is 101 Å². The van der Waals surface area contributed by atoms with Gasteiger partial charge in [-0.2, -0.15) is 0 Å². The molecule has 0 heterocycles. The summed E-state index contributed by atoms with van der Waals surface area (Å²) in [5, 5.41) is 10.9. The van der Waals surface area contributed by atoms with Crippen molar-refractivity contribution in [2.75, 3.05) is 11.5 Å². The Kier molecular flexibility index (Phi) is 6.79. The van der Waals surface area contributed by atoms with Gasteiger partial charge in [0.15, 0.2) is 9.84 Å². The van der Waals surface area contributed by atoms with Gasteiger partial charge >= 0.3 is 5.97 Å². The van der Waals surface area contributed by atoms with Crippen LogP contribution in [0.15, 0.2) is 0 Å². The Bertz CT molecular complexity index is 363. The average molecular weight is 265 g/mol. The number of carbonyl (C=O) groups is 2. The minimum absolute atomic E-state index is 0.0674. The molecule has 17 heavy (non-hydrogen) atoms. The summed E-state index contributed by atoms with van der Waals surface area (Å²) in [6.45, 7) is 3.76. The Morgan fingerprint density at radius 1 is 1.35 bits per heavy atom. The van der Waals surface area contributed by atoms with Crippen LogP contribution in [0.5, 0.6) is 0 Å². The molecule has 0 saturated carbocycles. The fourth-order valence-corrected chi connectivity index (χ4v) is 2.45. The van der Waals surface area contributed by atoms with Gasteiger partial charge in [-0.05, 0) is 13.3 Å². The molecule has 0 aromatic carbocycles. The third-order valence-electron chi connectivity index (χ3n) is 2.11. The van der Waals surface area contributed by atoms with E-state index < -0.39 is 39.6 Å². The minimum atomic E-state index is -3.63. The first-order chi connectivity index (χ1) is 7.76. The zero-order valence-electron chi connectivity index (χ0n) is 10.1. The van der Waals surface area contributed by atoms with Gasteiger partial charge in [-0.3, -0.25) is 9.59 Å². The van der Waals surface area contributed by atoms with Gasteiger partial charge in [0.1, 0.15) is 5.75 Å². The zero-order chi connectivity index (χ0) is 13.5. The lowest BCUT2D eigenvalue weighted by atomic mass is 10.2. The predicted octanol–water partition coefficient (Wildman–Crippen LogP) is 0.181. The molecule has 0 aromatic rings. The number of carboxylic acids is 1. The first-order valence-corrected chi connectivity index (χ1v) is 7.30. The Balaban J connectivity index is 4.14. The monoisotopic (exact) mass is 265 g/mol. The first-order valence-electron chi connectivity index (χ1n) is 5.48. The zero-order valence-corrected chi connectivity index (χ0v) is 10.9. The molecule has 0 fully saturated rings. The van der Waals surface area contributed by atoms with Gasteiger partial charge in [-0.1, -0.05) is 13.3 Å². The fraction of sp³-hybridized carbons (Fsp3) is 0.800. The number of nitrogens with one attached hydrogen (secondary N) is 1. The molecular weight excluding hydrogens is 246 g/mol. The van der Waals surface area contributed by atoms with Crippen LogP contribution in [-0.2, 0) is 19.4 Å². The molecule has 0 aromatic heterocycles. The number of carboxylic acid groups (broad SMARTS) is 1. The number of amides is 1. The molecule has 0 aliphatic carbocycles. The van der Waals surface area contributed by atoms with Crippen molar-refractivity contribution in [3.8, 4) is 0 Å². The molecule has 1 amide bonds. The first kappa shape index (κ1) is 15.9. The second-order valence-corrected chi connectivity index (χ2v) is 6.18. The second-order valence-electron chi connectivity index (χ2n) is 3.99. The van der Waals surface area contributed by atoms with Crippen LogP contribution in [0.4, 0.5) is 0 Å². The Morgan fingerprint density at radius 3 is 2.41 bits per heavy atom. The lowest BCUT2D eigenvalue weighted by Gasteiger charge is -2.12. The van der Waals surface area contributed by atoms with Gasteiger partial charge in [0, 0.05) is 6.04 Å². The van der Waals surface area contributed by atoms with Crippen LogP contribution in [0.3, 0.4) is 0 Å². The highest BCUT2D eigenvalue weighted by Gasteiger charge is 2.18. The average Bonchev–Trinajstić information content (AvgIpc) is 2.14. The molecule has 0 rings (SSSR count). The summed E-state index contributed by atoms with van der Waals surface area (Å²) in [7, 11) is -3.63. The summed E-state index contributed by atoms with van der Waals surface area (Å²) in [6, 6.07) is -0.0674. The van der Waals surface area contributed by atoms with Crippen LogP contribution in [-0.4, -0.2) is 42.9 Å². The van der Waals surface area contributed by atoms with Crippen LogP contribution < -0.4 is 5.32 Å². The molecule has 7 heteroatoms.